The fourth-order valence-electron chi connectivity index (χ4n) is 5.86. The lowest BCUT2D eigenvalue weighted by Crippen LogP contribution is -2.55. The predicted molar refractivity (Wildman–Crippen MR) is 147 cm³/mol. The Balaban J connectivity index is 1.46. The average molecular weight is 527 g/mol. The first kappa shape index (κ1) is 26.5. The van der Waals surface area contributed by atoms with E-state index in [4.69, 9.17) is 14.7 Å². The Morgan fingerprint density at radius 2 is 2.00 bits per heavy atom. The number of nitrogens with zero attached hydrogens (tertiary/aromatic N) is 8. The smallest absolute Gasteiger partial charge is 0.318 e. The van der Waals surface area contributed by atoms with Crippen molar-refractivity contribution >= 4 is 17.4 Å². The van der Waals surface area contributed by atoms with Gasteiger partial charge in [0.1, 0.15) is 18.5 Å². The van der Waals surface area contributed by atoms with Gasteiger partial charge < -0.3 is 24.3 Å². The number of amides is 1. The Morgan fingerprint density at radius 1 is 1.15 bits per heavy atom. The molecule has 10 heteroatoms. The Hall–Kier alpha value is -4.15. The first-order valence-corrected chi connectivity index (χ1v) is 13.5. The van der Waals surface area contributed by atoms with Crippen molar-refractivity contribution in [1.82, 2.24) is 19.8 Å². The average Bonchev–Trinajstić information content (AvgIpc) is 3.39. The van der Waals surface area contributed by atoms with Crippen LogP contribution in [0.25, 0.3) is 0 Å². The standard InChI is InChI=1S/C29H34N8O2/c1-3-27(38)37-16-15-36(18-22(37)10-12-30)28-24-11-14-35(26-9-5-4-7-21(26)17-31)19-25(24)32-29(33-28)39-20-23-8-6-13-34(23)2/h3-5,7,9,22-23H,1,6,8,10-11,13-16,18-20H2,2H3/t22?,23-/m0/s1. The fourth-order valence-corrected chi connectivity index (χ4v) is 5.86. The third kappa shape index (κ3) is 5.52. The molecule has 3 aliphatic heterocycles. The summed E-state index contributed by atoms with van der Waals surface area (Å²) < 4.78 is 6.20. The summed E-state index contributed by atoms with van der Waals surface area (Å²) in [6, 6.07) is 12.6. The van der Waals surface area contributed by atoms with E-state index in [1.807, 2.05) is 24.3 Å². The van der Waals surface area contributed by atoms with E-state index >= 15 is 0 Å². The molecule has 4 heterocycles. The number of carbonyl (C=O) groups excluding carboxylic acids is 1. The van der Waals surface area contributed by atoms with Crippen LogP contribution in [-0.2, 0) is 17.8 Å². The van der Waals surface area contributed by atoms with Crippen molar-refractivity contribution in [2.75, 3.05) is 56.2 Å². The van der Waals surface area contributed by atoms with Gasteiger partial charge in [-0.2, -0.15) is 20.5 Å². The van der Waals surface area contributed by atoms with Crippen LogP contribution in [0.3, 0.4) is 0 Å². The van der Waals surface area contributed by atoms with E-state index in [1.54, 1.807) is 4.90 Å². The zero-order valence-electron chi connectivity index (χ0n) is 22.4. The Morgan fingerprint density at radius 3 is 2.74 bits per heavy atom. The maximum absolute atomic E-state index is 12.4. The molecule has 10 nitrogen and oxygen atoms in total. The van der Waals surface area contributed by atoms with Gasteiger partial charge in [-0.15, -0.1) is 0 Å². The zero-order valence-corrected chi connectivity index (χ0v) is 22.4. The second kappa shape index (κ2) is 11.7. The Kier molecular flexibility index (Phi) is 7.94. The number of hydrogen-bond donors (Lipinski definition) is 0. The summed E-state index contributed by atoms with van der Waals surface area (Å²) in [4.78, 5) is 30.6. The largest absolute Gasteiger partial charge is 0.462 e. The Bertz CT molecular complexity index is 1320. The van der Waals surface area contributed by atoms with Crippen LogP contribution < -0.4 is 14.5 Å². The summed E-state index contributed by atoms with van der Waals surface area (Å²) in [5.74, 6) is 0.660. The topological polar surface area (TPSA) is 113 Å². The maximum Gasteiger partial charge on any atom is 0.318 e. The van der Waals surface area contributed by atoms with Crippen molar-refractivity contribution in [1.29, 1.82) is 10.5 Å². The first-order chi connectivity index (χ1) is 19.0. The van der Waals surface area contributed by atoms with E-state index in [2.05, 4.69) is 40.5 Å². The molecule has 0 radical (unpaired) electrons. The number of likely N-dealkylation sites (tertiary alicyclic amines) is 1. The van der Waals surface area contributed by atoms with E-state index in [0.29, 0.717) is 56.8 Å². The van der Waals surface area contributed by atoms with E-state index in [0.717, 1.165) is 48.7 Å². The number of aromatic nitrogens is 2. The van der Waals surface area contributed by atoms with E-state index < -0.39 is 0 Å². The van der Waals surface area contributed by atoms with Crippen molar-refractivity contribution in [2.24, 2.45) is 0 Å². The molecule has 0 aliphatic carbocycles. The van der Waals surface area contributed by atoms with E-state index in [-0.39, 0.29) is 18.4 Å². The lowest BCUT2D eigenvalue weighted by Gasteiger charge is -2.42. The molecule has 1 amide bonds. The molecule has 39 heavy (non-hydrogen) atoms. The van der Waals surface area contributed by atoms with E-state index in [9.17, 15) is 15.3 Å². The number of anilines is 2. The molecule has 0 spiro atoms. The van der Waals surface area contributed by atoms with Crippen molar-refractivity contribution in [3.8, 4) is 18.1 Å². The van der Waals surface area contributed by atoms with Crippen molar-refractivity contribution in [3.05, 3.63) is 53.7 Å². The van der Waals surface area contributed by atoms with Crippen LogP contribution in [0.5, 0.6) is 6.01 Å². The molecule has 3 aliphatic rings. The molecule has 202 valence electrons. The summed E-state index contributed by atoms with van der Waals surface area (Å²) in [5, 5.41) is 19.1. The van der Waals surface area contributed by atoms with Crippen LogP contribution in [-0.4, -0.2) is 84.1 Å². The molecular formula is C29H34N8O2. The highest BCUT2D eigenvalue weighted by atomic mass is 16.5. The quantitative estimate of drug-likeness (QED) is 0.502. The Labute approximate surface area is 229 Å². The van der Waals surface area contributed by atoms with Gasteiger partial charge in [-0.05, 0) is 51.1 Å². The molecule has 5 rings (SSSR count). The molecule has 2 aromatic rings. The SMILES string of the molecule is C=CC(=O)N1CCN(c2nc(OC[C@@H]3CCCN3C)nc3c2CCN(c2ccccc2C#N)C3)CC1CC#N. The van der Waals surface area contributed by atoms with Crippen molar-refractivity contribution in [2.45, 2.75) is 44.3 Å². The lowest BCUT2D eigenvalue weighted by atomic mass is 10.0. The minimum atomic E-state index is -0.251. The number of ether oxygens (including phenoxy) is 1. The number of nitriles is 2. The number of benzene rings is 1. The van der Waals surface area contributed by atoms with Gasteiger partial charge >= 0.3 is 6.01 Å². The van der Waals surface area contributed by atoms with Crippen LogP contribution in [0.1, 0.15) is 36.1 Å². The van der Waals surface area contributed by atoms with Gasteiger partial charge in [-0.25, -0.2) is 0 Å². The lowest BCUT2D eigenvalue weighted by molar-refractivity contribution is -0.128. The van der Waals surface area contributed by atoms with Gasteiger partial charge in [0.25, 0.3) is 0 Å². The van der Waals surface area contributed by atoms with Crippen LogP contribution in [0, 0.1) is 22.7 Å². The second-order valence-electron chi connectivity index (χ2n) is 10.3. The van der Waals surface area contributed by atoms with Gasteiger partial charge in [0.2, 0.25) is 5.91 Å². The predicted octanol–water partition coefficient (Wildman–Crippen LogP) is 2.50. The molecule has 1 aromatic heterocycles. The monoisotopic (exact) mass is 526 g/mol. The molecule has 1 aromatic carbocycles. The minimum absolute atomic E-state index is 0.156. The molecular weight excluding hydrogens is 492 g/mol. The number of rotatable bonds is 7. The molecule has 0 N–H and O–H groups in total. The van der Waals surface area contributed by atoms with Gasteiger partial charge in [0.15, 0.2) is 0 Å². The number of likely N-dealkylation sites (N-methyl/N-ethyl adjacent to an activating group) is 1. The minimum Gasteiger partial charge on any atom is -0.462 e. The highest BCUT2D eigenvalue weighted by molar-refractivity contribution is 5.87. The molecule has 2 saturated heterocycles. The van der Waals surface area contributed by atoms with Crippen LogP contribution in [0.15, 0.2) is 36.9 Å². The number of carbonyl (C=O) groups is 1. The maximum atomic E-state index is 12.4. The van der Waals surface area contributed by atoms with Crippen molar-refractivity contribution in [3.63, 3.8) is 0 Å². The van der Waals surface area contributed by atoms with Crippen LogP contribution >= 0.6 is 0 Å². The van der Waals surface area contributed by atoms with Gasteiger partial charge in [0.05, 0.1) is 42.0 Å². The molecule has 0 saturated carbocycles. The fraction of sp³-hybridized carbons (Fsp3) is 0.483. The molecule has 1 unspecified atom stereocenters. The summed E-state index contributed by atoms with van der Waals surface area (Å²) >= 11 is 0. The highest BCUT2D eigenvalue weighted by Gasteiger charge is 2.33. The number of hydrogen-bond acceptors (Lipinski definition) is 9. The van der Waals surface area contributed by atoms with Crippen LogP contribution in [0.4, 0.5) is 11.5 Å². The molecule has 2 atom stereocenters. The van der Waals surface area contributed by atoms with Gasteiger partial charge in [-0.1, -0.05) is 18.7 Å². The second-order valence-corrected chi connectivity index (χ2v) is 10.3. The number of fused-ring (bicyclic) bond motifs is 1. The van der Waals surface area contributed by atoms with Crippen LogP contribution in [0.2, 0.25) is 0 Å². The van der Waals surface area contributed by atoms with Gasteiger partial charge in [-0.3, -0.25) is 4.79 Å². The number of para-hydroxylation sites is 1. The number of piperazine rings is 1. The third-order valence-electron chi connectivity index (χ3n) is 8.03. The summed E-state index contributed by atoms with van der Waals surface area (Å²) in [7, 11) is 2.12. The molecule has 2 fully saturated rings. The molecule has 0 bridgehead atoms. The van der Waals surface area contributed by atoms with E-state index in [1.165, 1.54) is 6.08 Å². The summed E-state index contributed by atoms with van der Waals surface area (Å²) in [5.41, 5.74) is 3.48. The first-order valence-electron chi connectivity index (χ1n) is 13.5. The highest BCUT2D eigenvalue weighted by Crippen LogP contribution is 2.33. The van der Waals surface area contributed by atoms with Gasteiger partial charge in [0, 0.05) is 37.8 Å². The third-order valence-corrected chi connectivity index (χ3v) is 8.03. The summed E-state index contributed by atoms with van der Waals surface area (Å²) in [6.45, 7) is 8.06. The normalized spacial score (nSPS) is 21.2. The zero-order chi connectivity index (χ0) is 27.4. The van der Waals surface area contributed by atoms with Crippen molar-refractivity contribution < 1.29 is 9.53 Å². The summed E-state index contributed by atoms with van der Waals surface area (Å²) in [6.07, 6.45) is 4.50.